The van der Waals surface area contributed by atoms with E-state index in [0.717, 1.165) is 18.7 Å². The predicted molar refractivity (Wildman–Crippen MR) is 137 cm³/mol. The number of piperidine rings is 1. The lowest BCUT2D eigenvalue weighted by atomic mass is 9.90. The van der Waals surface area contributed by atoms with Crippen molar-refractivity contribution in [2.45, 2.75) is 23.8 Å². The fourth-order valence-electron chi connectivity index (χ4n) is 5.22. The Morgan fingerprint density at radius 2 is 1.29 bits per heavy atom. The van der Waals surface area contributed by atoms with E-state index < -0.39 is 10.0 Å². The molecule has 0 spiro atoms. The Labute approximate surface area is 207 Å². The number of carbonyl (C=O) groups excluding carboxylic acids is 1. The summed E-state index contributed by atoms with van der Waals surface area (Å²) in [5.41, 5.74) is 2.14. The Morgan fingerprint density at radius 1 is 0.714 bits per heavy atom. The van der Waals surface area contributed by atoms with Gasteiger partial charge in [-0.05, 0) is 42.7 Å². The van der Waals surface area contributed by atoms with Crippen molar-refractivity contribution in [3.05, 3.63) is 96.6 Å². The maximum absolute atomic E-state index is 13.7. The molecule has 0 bridgehead atoms. The minimum Gasteiger partial charge on any atom is -0.368 e. The molecule has 0 aliphatic carbocycles. The van der Waals surface area contributed by atoms with E-state index in [1.807, 2.05) is 59.5 Å². The molecule has 3 aromatic rings. The molecule has 2 atom stereocenters. The maximum Gasteiger partial charge on any atom is 0.243 e. The molecule has 3 aromatic carbocycles. The Morgan fingerprint density at radius 3 is 1.91 bits per heavy atom. The summed E-state index contributed by atoms with van der Waals surface area (Å²) in [6.45, 7) is 3.06. The van der Waals surface area contributed by atoms with Crippen LogP contribution in [0, 0.1) is 5.92 Å². The van der Waals surface area contributed by atoms with Crippen LogP contribution in [0.25, 0.3) is 0 Å². The maximum atomic E-state index is 13.7. The number of hydrogen-bond acceptors (Lipinski definition) is 4. The summed E-state index contributed by atoms with van der Waals surface area (Å²) in [4.78, 5) is 18.0. The van der Waals surface area contributed by atoms with Gasteiger partial charge in [-0.1, -0.05) is 66.7 Å². The van der Waals surface area contributed by atoms with E-state index in [0.29, 0.717) is 25.9 Å². The highest BCUT2D eigenvalue weighted by Crippen LogP contribution is 2.38. The third-order valence-corrected chi connectivity index (χ3v) is 9.02. The zero-order valence-corrected chi connectivity index (χ0v) is 20.6. The van der Waals surface area contributed by atoms with Gasteiger partial charge in [-0.2, -0.15) is 4.31 Å². The molecular weight excluding hydrogens is 458 g/mol. The van der Waals surface area contributed by atoms with Crippen LogP contribution in [0.5, 0.6) is 0 Å². The number of anilines is 1. The predicted octanol–water partition coefficient (Wildman–Crippen LogP) is 4.18. The Bertz CT molecular complexity index is 1230. The second-order valence-electron chi connectivity index (χ2n) is 9.24. The number of sulfonamides is 1. The van der Waals surface area contributed by atoms with Crippen LogP contribution >= 0.6 is 0 Å². The molecule has 0 aromatic heterocycles. The zero-order chi connectivity index (χ0) is 24.3. The van der Waals surface area contributed by atoms with E-state index in [1.54, 1.807) is 28.6 Å². The number of amides is 1. The van der Waals surface area contributed by atoms with Gasteiger partial charge in [-0.3, -0.25) is 4.79 Å². The fourth-order valence-corrected chi connectivity index (χ4v) is 6.93. The van der Waals surface area contributed by atoms with Gasteiger partial charge in [0.2, 0.25) is 15.9 Å². The van der Waals surface area contributed by atoms with Gasteiger partial charge < -0.3 is 9.80 Å². The minimum absolute atomic E-state index is 0.0671. The molecule has 1 amide bonds. The molecular formula is C28H31N3O3S. The van der Waals surface area contributed by atoms with Crippen LogP contribution in [0.1, 0.15) is 24.4 Å². The first-order valence-electron chi connectivity index (χ1n) is 12.2. The van der Waals surface area contributed by atoms with Crippen LogP contribution in [0.15, 0.2) is 95.9 Å². The van der Waals surface area contributed by atoms with Crippen molar-refractivity contribution in [2.75, 3.05) is 37.6 Å². The van der Waals surface area contributed by atoms with Gasteiger partial charge >= 0.3 is 0 Å². The standard InChI is InChI=1S/C28H31N3O3S/c32-28(30-20-18-29(19-21-30)25-12-6-2-7-13-25)24-16-17-27(23-10-4-1-5-11-23)31(22-24)35(33,34)26-14-8-3-9-15-26/h1-15,24,27H,16-22H2/t24-,27+/m1/s1. The van der Waals surface area contributed by atoms with Crippen molar-refractivity contribution in [3.63, 3.8) is 0 Å². The molecule has 2 saturated heterocycles. The zero-order valence-electron chi connectivity index (χ0n) is 19.7. The average Bonchev–Trinajstić information content (AvgIpc) is 2.94. The van der Waals surface area contributed by atoms with Crippen molar-refractivity contribution < 1.29 is 13.2 Å². The van der Waals surface area contributed by atoms with E-state index in [4.69, 9.17) is 0 Å². The highest BCUT2D eigenvalue weighted by molar-refractivity contribution is 7.89. The number of piperazine rings is 1. The van der Waals surface area contributed by atoms with Crippen molar-refractivity contribution in [1.82, 2.24) is 9.21 Å². The molecule has 2 fully saturated rings. The molecule has 0 radical (unpaired) electrons. The molecule has 7 heteroatoms. The van der Waals surface area contributed by atoms with Gasteiger partial charge in [-0.15, -0.1) is 0 Å². The topological polar surface area (TPSA) is 60.9 Å². The Balaban J connectivity index is 1.34. The molecule has 0 unspecified atom stereocenters. The Hall–Kier alpha value is -3.16. The number of benzene rings is 3. The second kappa shape index (κ2) is 10.2. The van der Waals surface area contributed by atoms with Crippen molar-refractivity contribution in [1.29, 1.82) is 0 Å². The molecule has 0 N–H and O–H groups in total. The van der Waals surface area contributed by atoms with Crippen LogP contribution in [0.3, 0.4) is 0 Å². The monoisotopic (exact) mass is 489 g/mol. The van der Waals surface area contributed by atoms with Crippen LogP contribution in [-0.4, -0.2) is 56.3 Å². The third-order valence-electron chi connectivity index (χ3n) is 7.13. The van der Waals surface area contributed by atoms with Crippen LogP contribution in [-0.2, 0) is 14.8 Å². The highest BCUT2D eigenvalue weighted by Gasteiger charge is 2.41. The fraction of sp³-hybridized carbons (Fsp3) is 0.321. The van der Waals surface area contributed by atoms with Gasteiger partial charge in [0.25, 0.3) is 0 Å². The lowest BCUT2D eigenvalue weighted by Gasteiger charge is -2.42. The van der Waals surface area contributed by atoms with Crippen LogP contribution in [0.2, 0.25) is 0 Å². The van der Waals surface area contributed by atoms with E-state index in [-0.39, 0.29) is 29.3 Å². The molecule has 6 nitrogen and oxygen atoms in total. The van der Waals surface area contributed by atoms with Gasteiger partial charge in [-0.25, -0.2) is 8.42 Å². The minimum atomic E-state index is -3.75. The SMILES string of the molecule is O=C([C@@H]1CC[C@@H](c2ccccc2)N(S(=O)(=O)c2ccccc2)C1)N1CCN(c2ccccc2)CC1. The summed E-state index contributed by atoms with van der Waals surface area (Å²) in [6, 6.07) is 28.3. The number of nitrogens with zero attached hydrogens (tertiary/aromatic N) is 3. The normalized spacial score (nSPS) is 21.6. The third kappa shape index (κ3) is 4.97. The summed E-state index contributed by atoms with van der Waals surface area (Å²) in [6.07, 6.45) is 1.30. The average molecular weight is 490 g/mol. The van der Waals surface area contributed by atoms with Crippen molar-refractivity contribution >= 4 is 21.6 Å². The van der Waals surface area contributed by atoms with Gasteiger partial charge in [0.05, 0.1) is 16.9 Å². The van der Waals surface area contributed by atoms with E-state index in [9.17, 15) is 13.2 Å². The smallest absolute Gasteiger partial charge is 0.243 e. The number of rotatable bonds is 5. The van der Waals surface area contributed by atoms with E-state index >= 15 is 0 Å². The summed E-state index contributed by atoms with van der Waals surface area (Å²) >= 11 is 0. The van der Waals surface area contributed by atoms with Gasteiger partial charge in [0.1, 0.15) is 0 Å². The Kier molecular flexibility index (Phi) is 6.88. The highest BCUT2D eigenvalue weighted by atomic mass is 32.2. The number of carbonyl (C=O) groups is 1. The summed E-state index contributed by atoms with van der Waals surface area (Å²) in [5, 5.41) is 0. The lowest BCUT2D eigenvalue weighted by molar-refractivity contribution is -0.137. The lowest BCUT2D eigenvalue weighted by Crippen LogP contribution is -2.53. The molecule has 2 aliphatic heterocycles. The molecule has 0 saturated carbocycles. The van der Waals surface area contributed by atoms with Gasteiger partial charge in [0.15, 0.2) is 0 Å². The largest absolute Gasteiger partial charge is 0.368 e. The molecule has 35 heavy (non-hydrogen) atoms. The van der Waals surface area contributed by atoms with E-state index in [2.05, 4.69) is 17.0 Å². The molecule has 2 heterocycles. The van der Waals surface area contributed by atoms with Crippen LogP contribution < -0.4 is 4.90 Å². The van der Waals surface area contributed by atoms with Crippen LogP contribution in [0.4, 0.5) is 5.69 Å². The number of hydrogen-bond donors (Lipinski definition) is 0. The molecule has 5 rings (SSSR count). The van der Waals surface area contributed by atoms with Crippen molar-refractivity contribution in [3.8, 4) is 0 Å². The van der Waals surface area contributed by atoms with Gasteiger partial charge in [0, 0.05) is 38.4 Å². The first-order valence-corrected chi connectivity index (χ1v) is 13.7. The summed E-state index contributed by atoms with van der Waals surface area (Å²) < 4.78 is 29.0. The van der Waals surface area contributed by atoms with Crippen molar-refractivity contribution in [2.24, 2.45) is 5.92 Å². The first-order chi connectivity index (χ1) is 17.0. The first kappa shape index (κ1) is 23.6. The number of para-hydroxylation sites is 1. The summed E-state index contributed by atoms with van der Waals surface area (Å²) in [7, 11) is -3.75. The molecule has 182 valence electrons. The summed E-state index contributed by atoms with van der Waals surface area (Å²) in [5.74, 6) is -0.269. The van der Waals surface area contributed by atoms with E-state index in [1.165, 1.54) is 5.69 Å². The molecule has 2 aliphatic rings. The second-order valence-corrected chi connectivity index (χ2v) is 11.1. The quantitative estimate of drug-likeness (QED) is 0.540.